The van der Waals surface area contributed by atoms with Crippen molar-refractivity contribution in [3.05, 3.63) is 93.5 Å². The maximum atomic E-state index is 12.1. The number of aliphatic imine (C=N–C) groups is 2. The molecule has 18 nitrogen and oxygen atoms in total. The molecule has 227 valence electrons. The van der Waals surface area contributed by atoms with Crippen molar-refractivity contribution >= 4 is 12.4 Å². The fraction of sp³-hybridized carbons (Fsp3) is 0.300. The third kappa shape index (κ3) is 24.6. The summed E-state index contributed by atoms with van der Waals surface area (Å²) < 4.78 is 10.5. The predicted octanol–water partition coefficient (Wildman–Crippen LogP) is 1.45. The van der Waals surface area contributed by atoms with Crippen LogP contribution in [0, 0.1) is 83.3 Å². The van der Waals surface area contributed by atoms with Crippen LogP contribution in [0.2, 0.25) is 0 Å². The number of nitrogens with zero attached hydrogens (tertiary/aromatic N) is 5. The zero-order valence-electron chi connectivity index (χ0n) is 20.6. The average molecular weight is 766 g/mol. The molecule has 2 rings (SSSR count). The Morgan fingerprint density at radius 1 is 0.675 bits per heavy atom. The number of benzene rings is 2. The largest absolute Gasteiger partial charge is 3.00 e. The van der Waals surface area contributed by atoms with Crippen molar-refractivity contribution in [3.63, 3.8) is 0 Å². The van der Waals surface area contributed by atoms with Gasteiger partial charge in [0.2, 0.25) is 0 Å². The van der Waals surface area contributed by atoms with Crippen LogP contribution in [-0.2, 0) is 16.5 Å². The fourth-order valence-corrected chi connectivity index (χ4v) is 2.25. The van der Waals surface area contributed by atoms with E-state index in [1.165, 1.54) is 12.4 Å². The summed E-state index contributed by atoms with van der Waals surface area (Å²) in [6.07, 6.45) is 3.05. The number of rotatable bonds is 9. The summed E-state index contributed by atoms with van der Waals surface area (Å²) in [4.78, 5) is 33.2. The van der Waals surface area contributed by atoms with Crippen LogP contribution >= 0.6 is 0 Å². The Morgan fingerprint density at radius 2 is 0.950 bits per heavy atom. The molecule has 0 saturated carbocycles. The molecule has 40 heavy (non-hydrogen) atoms. The first-order valence-electron chi connectivity index (χ1n) is 10.2. The molecule has 0 unspecified atom stereocenters. The molecule has 0 amide bonds. The van der Waals surface area contributed by atoms with Crippen molar-refractivity contribution in [3.8, 4) is 23.0 Å². The van der Waals surface area contributed by atoms with E-state index in [2.05, 4.69) is 9.98 Å². The second-order valence-corrected chi connectivity index (χ2v) is 5.96. The molecule has 0 aliphatic heterocycles. The van der Waals surface area contributed by atoms with Crippen molar-refractivity contribution in [2.75, 3.05) is 26.3 Å². The van der Waals surface area contributed by atoms with E-state index in [-0.39, 0.29) is 65.3 Å². The van der Waals surface area contributed by atoms with Crippen molar-refractivity contribution in [1.82, 2.24) is 0 Å². The van der Waals surface area contributed by atoms with Crippen LogP contribution in [0.4, 0.5) is 0 Å². The van der Waals surface area contributed by atoms with Crippen LogP contribution < -0.4 is 19.7 Å². The Morgan fingerprint density at radius 3 is 1.20 bits per heavy atom. The summed E-state index contributed by atoms with van der Waals surface area (Å²) in [5.41, 5.74) is 0.956. The molecule has 0 aliphatic carbocycles. The van der Waals surface area contributed by atoms with Gasteiger partial charge in [0.05, 0.1) is 41.6 Å². The van der Waals surface area contributed by atoms with E-state index < -0.39 is 15.3 Å². The Kier molecular flexibility index (Phi) is 29.2. The van der Waals surface area contributed by atoms with Crippen LogP contribution in [0.5, 0.6) is 23.0 Å². The predicted molar refractivity (Wildman–Crippen MR) is 130 cm³/mol. The van der Waals surface area contributed by atoms with Crippen molar-refractivity contribution in [2.45, 2.75) is 13.8 Å². The van der Waals surface area contributed by atoms with E-state index in [0.717, 1.165) is 0 Å². The normalized spacial score (nSPS) is 9.15. The van der Waals surface area contributed by atoms with Crippen LogP contribution in [0.1, 0.15) is 25.0 Å². The van der Waals surface area contributed by atoms with Gasteiger partial charge in [-0.2, -0.15) is 0 Å². The van der Waals surface area contributed by atoms with E-state index in [1.54, 1.807) is 36.4 Å². The smallest absolute Gasteiger partial charge is 0.870 e. The van der Waals surface area contributed by atoms with Gasteiger partial charge in [0.1, 0.15) is 11.5 Å². The summed E-state index contributed by atoms with van der Waals surface area (Å²) in [5.74, 6) is 0.300. The monoisotopic (exact) mass is 764 g/mol. The van der Waals surface area contributed by atoms with E-state index in [9.17, 15) is 10.2 Å². The third-order valence-electron chi connectivity index (χ3n) is 3.44. The molecule has 0 N–H and O–H groups in total. The molecule has 2 aromatic carbocycles. The van der Waals surface area contributed by atoms with E-state index in [1.807, 2.05) is 13.8 Å². The Hall–Kier alpha value is -3.68. The quantitative estimate of drug-likeness (QED) is 0.115. The van der Waals surface area contributed by atoms with Gasteiger partial charge >= 0.3 is 53.8 Å². The Balaban J connectivity index is -0.000000392. The number of ether oxygens (including phenoxy) is 2. The molecule has 0 bridgehead atoms. The Bertz CT molecular complexity index is 971. The molecule has 2 aromatic rings. The zero-order valence-corrected chi connectivity index (χ0v) is 23.4. The van der Waals surface area contributed by atoms with Gasteiger partial charge in [0, 0.05) is 12.4 Å². The molecular weight excluding hydrogens is 744 g/mol. The average Bonchev–Trinajstić information content (AvgIpc) is 2.80. The number of hydrogen-bond acceptors (Lipinski definition) is 15. The van der Waals surface area contributed by atoms with Crippen molar-refractivity contribution in [1.29, 1.82) is 0 Å². The van der Waals surface area contributed by atoms with Gasteiger partial charge in [-0.1, -0.05) is 35.8 Å². The Labute approximate surface area is 266 Å². The third-order valence-corrected chi connectivity index (χ3v) is 3.44. The van der Waals surface area contributed by atoms with Crippen LogP contribution in [0.25, 0.3) is 0 Å². The SMILES string of the molecule is CCOc1cccc(C=NCCN=Cc2cccc(OCC)c2[O-])c1[O-].O=[N+]([O-])[O-].O=[N+]([O-])[O-].O=[N+]([O-])[O-].[Er+3].[Ni+2]. The van der Waals surface area contributed by atoms with E-state index in [4.69, 9.17) is 55.4 Å². The zero-order chi connectivity index (χ0) is 29.5. The van der Waals surface area contributed by atoms with E-state index >= 15 is 0 Å². The molecule has 1 radical (unpaired) electrons. The molecule has 0 heterocycles. The summed E-state index contributed by atoms with van der Waals surface area (Å²) in [5, 5.41) is 68.4. The molecule has 20 heteroatoms. The van der Waals surface area contributed by atoms with Gasteiger partial charge in [0.15, 0.2) is 0 Å². The van der Waals surface area contributed by atoms with Crippen LogP contribution in [0.15, 0.2) is 46.4 Å². The van der Waals surface area contributed by atoms with Gasteiger partial charge in [-0.05, 0) is 37.1 Å². The summed E-state index contributed by atoms with van der Waals surface area (Å²) >= 11 is 0. The second-order valence-electron chi connectivity index (χ2n) is 5.96. The van der Waals surface area contributed by atoms with Crippen molar-refractivity contribution < 1.29 is 88.7 Å². The topological polar surface area (TPSA) is 288 Å². The molecule has 0 aromatic heterocycles. The molecule has 0 saturated heterocycles. The number of para-hydroxylation sites is 2. The van der Waals surface area contributed by atoms with Crippen LogP contribution in [-0.4, -0.2) is 54.0 Å². The molecule has 0 spiro atoms. The van der Waals surface area contributed by atoms with Gasteiger partial charge in [-0.3, -0.25) is 9.98 Å². The minimum atomic E-state index is -1.75. The fourth-order valence-electron chi connectivity index (χ4n) is 2.25. The van der Waals surface area contributed by atoms with Gasteiger partial charge in [-0.15, -0.1) is 0 Å². The van der Waals surface area contributed by atoms with Gasteiger partial charge in [-0.25, -0.2) is 0 Å². The first kappa shape index (κ1) is 43.4. The van der Waals surface area contributed by atoms with Crippen LogP contribution in [0.3, 0.4) is 0 Å². The van der Waals surface area contributed by atoms with Gasteiger partial charge in [0.25, 0.3) is 0 Å². The minimum absolute atomic E-state index is 0. The molecular formula is C20H22ErN5NiO13. The maximum absolute atomic E-state index is 12.1. The molecule has 0 aliphatic rings. The van der Waals surface area contributed by atoms with Crippen molar-refractivity contribution in [2.24, 2.45) is 9.98 Å². The molecule has 0 fully saturated rings. The summed E-state index contributed by atoms with van der Waals surface area (Å²) in [7, 11) is 0. The standard InChI is InChI=1S/C20H24N2O4.Er.3NO3.Ni/c1-3-25-17-9-5-7-15(19(17)23)13-21-11-12-22-14-16-8-6-10-18(20(16)24)26-4-2;;3*2-1(3)4;/h5-10,13-14,23-24H,3-4,11-12H2,1-2H3;;;;;/q;+3;3*-1;+2/p-2. The minimum Gasteiger partial charge on any atom is -0.870 e. The first-order valence-corrected chi connectivity index (χ1v) is 10.2. The summed E-state index contributed by atoms with van der Waals surface area (Å²) in [6, 6.07) is 10.2. The first-order chi connectivity index (χ1) is 17.9. The summed E-state index contributed by atoms with van der Waals surface area (Å²) in [6.45, 7) is 5.36. The second kappa shape index (κ2) is 26.9. The van der Waals surface area contributed by atoms with E-state index in [0.29, 0.717) is 48.9 Å². The molecule has 0 atom stereocenters. The van der Waals surface area contributed by atoms with Gasteiger partial charge < -0.3 is 65.7 Å². The number of hydrogen-bond donors (Lipinski definition) is 0. The maximum Gasteiger partial charge on any atom is 3.00 e.